The lowest BCUT2D eigenvalue weighted by atomic mass is 10.0. The molecule has 1 unspecified atom stereocenters. The Morgan fingerprint density at radius 2 is 2.07 bits per heavy atom. The monoisotopic (exact) mass is 380 g/mol. The van der Waals surface area contributed by atoms with E-state index in [1.165, 1.54) is 6.07 Å². The van der Waals surface area contributed by atoms with Gasteiger partial charge in [0.15, 0.2) is 0 Å². The molecule has 0 radical (unpaired) electrons. The fourth-order valence-corrected chi connectivity index (χ4v) is 3.09. The van der Waals surface area contributed by atoms with Gasteiger partial charge in [0.2, 0.25) is 5.91 Å². The molecule has 3 rings (SSSR count). The van der Waals surface area contributed by atoms with E-state index in [2.05, 4.69) is 10.6 Å². The van der Waals surface area contributed by atoms with Gasteiger partial charge in [-0.1, -0.05) is 19.1 Å². The number of benzene rings is 2. The van der Waals surface area contributed by atoms with Gasteiger partial charge in [0, 0.05) is 45.7 Å². The van der Waals surface area contributed by atoms with Crippen molar-refractivity contribution >= 4 is 34.4 Å². The SMILES string of the molecule is CCC(C=C1C(=O)Nc2cc(C(N)=O)ccc21)Nc1ccc(C)c([N+](=O)[O-])c1. The van der Waals surface area contributed by atoms with E-state index in [0.29, 0.717) is 40.1 Å². The fraction of sp³-hybridized carbons (Fsp3) is 0.200. The minimum absolute atomic E-state index is 0.0374. The summed E-state index contributed by atoms with van der Waals surface area (Å²) in [4.78, 5) is 34.4. The maximum atomic E-state index is 12.4. The molecule has 1 heterocycles. The van der Waals surface area contributed by atoms with Crippen LogP contribution in [0.3, 0.4) is 0 Å². The van der Waals surface area contributed by atoms with Crippen LogP contribution in [0, 0.1) is 17.0 Å². The normalized spacial score (nSPS) is 15.1. The number of nitro benzene ring substituents is 1. The minimum Gasteiger partial charge on any atom is -0.379 e. The third-order valence-corrected chi connectivity index (χ3v) is 4.65. The maximum absolute atomic E-state index is 12.4. The lowest BCUT2D eigenvalue weighted by Gasteiger charge is -2.15. The zero-order valence-corrected chi connectivity index (χ0v) is 15.5. The second kappa shape index (κ2) is 7.51. The van der Waals surface area contributed by atoms with E-state index in [-0.39, 0.29) is 17.6 Å². The van der Waals surface area contributed by atoms with Crippen molar-refractivity contribution in [1.29, 1.82) is 0 Å². The first-order valence-corrected chi connectivity index (χ1v) is 8.79. The predicted molar refractivity (Wildman–Crippen MR) is 107 cm³/mol. The lowest BCUT2D eigenvalue weighted by molar-refractivity contribution is -0.385. The molecule has 8 heteroatoms. The standard InChI is InChI=1S/C20H20N4O4/c1-3-13(22-14-6-4-11(2)18(10-14)24(27)28)9-16-15-7-5-12(19(21)25)8-17(15)23-20(16)26/h4-10,13,22H,3H2,1-2H3,(H2,21,25)(H,23,26). The van der Waals surface area contributed by atoms with Gasteiger partial charge in [-0.05, 0) is 37.6 Å². The van der Waals surface area contributed by atoms with Crippen molar-refractivity contribution in [3.63, 3.8) is 0 Å². The first-order chi connectivity index (χ1) is 13.3. The molecule has 0 spiro atoms. The van der Waals surface area contributed by atoms with Crippen LogP contribution in [0.4, 0.5) is 17.1 Å². The number of hydrogen-bond donors (Lipinski definition) is 3. The van der Waals surface area contributed by atoms with Gasteiger partial charge < -0.3 is 16.4 Å². The molecule has 2 amide bonds. The summed E-state index contributed by atoms with van der Waals surface area (Å²) in [6.45, 7) is 3.63. The number of nitrogens with zero attached hydrogens (tertiary/aromatic N) is 1. The molecule has 0 saturated heterocycles. The van der Waals surface area contributed by atoms with Gasteiger partial charge in [-0.25, -0.2) is 0 Å². The van der Waals surface area contributed by atoms with E-state index in [1.54, 1.807) is 43.3 Å². The van der Waals surface area contributed by atoms with Crippen molar-refractivity contribution in [2.24, 2.45) is 5.73 Å². The molecule has 0 aromatic heterocycles. The van der Waals surface area contributed by atoms with Gasteiger partial charge in [0.05, 0.1) is 4.92 Å². The van der Waals surface area contributed by atoms with Gasteiger partial charge in [-0.2, -0.15) is 0 Å². The second-order valence-corrected chi connectivity index (χ2v) is 6.58. The molecule has 1 atom stereocenters. The van der Waals surface area contributed by atoms with Gasteiger partial charge in [0.25, 0.3) is 11.6 Å². The Labute approximate surface area is 161 Å². The summed E-state index contributed by atoms with van der Waals surface area (Å²) in [5.41, 5.74) is 8.52. The summed E-state index contributed by atoms with van der Waals surface area (Å²) in [6, 6.07) is 9.53. The maximum Gasteiger partial charge on any atom is 0.274 e. The van der Waals surface area contributed by atoms with Crippen LogP contribution in [0.15, 0.2) is 42.5 Å². The summed E-state index contributed by atoms with van der Waals surface area (Å²) in [5, 5.41) is 17.1. The summed E-state index contributed by atoms with van der Waals surface area (Å²) in [7, 11) is 0. The highest BCUT2D eigenvalue weighted by atomic mass is 16.6. The molecule has 0 aliphatic carbocycles. The third-order valence-electron chi connectivity index (χ3n) is 4.65. The molecule has 28 heavy (non-hydrogen) atoms. The van der Waals surface area contributed by atoms with E-state index in [4.69, 9.17) is 5.73 Å². The number of primary amides is 1. The topological polar surface area (TPSA) is 127 Å². The number of nitrogens with one attached hydrogen (secondary N) is 2. The Morgan fingerprint density at radius 1 is 1.32 bits per heavy atom. The molecule has 0 bridgehead atoms. The van der Waals surface area contributed by atoms with Crippen LogP contribution < -0.4 is 16.4 Å². The number of carbonyl (C=O) groups is 2. The van der Waals surface area contributed by atoms with E-state index in [9.17, 15) is 19.7 Å². The largest absolute Gasteiger partial charge is 0.379 e. The molecular weight excluding hydrogens is 360 g/mol. The molecule has 2 aromatic rings. The number of carbonyl (C=O) groups excluding carboxylic acids is 2. The number of rotatable bonds is 6. The van der Waals surface area contributed by atoms with Crippen LogP contribution >= 0.6 is 0 Å². The molecule has 0 fully saturated rings. The van der Waals surface area contributed by atoms with Gasteiger partial charge in [0.1, 0.15) is 0 Å². The molecule has 8 nitrogen and oxygen atoms in total. The van der Waals surface area contributed by atoms with Crippen molar-refractivity contribution in [2.45, 2.75) is 26.3 Å². The number of aryl methyl sites for hydroxylation is 1. The number of anilines is 2. The molecular formula is C20H20N4O4. The quantitative estimate of drug-likeness (QED) is 0.403. The van der Waals surface area contributed by atoms with Crippen molar-refractivity contribution < 1.29 is 14.5 Å². The van der Waals surface area contributed by atoms with Crippen LogP contribution in [-0.2, 0) is 4.79 Å². The summed E-state index contributed by atoms with van der Waals surface area (Å²) < 4.78 is 0. The van der Waals surface area contributed by atoms with E-state index < -0.39 is 10.8 Å². The van der Waals surface area contributed by atoms with Crippen molar-refractivity contribution in [3.05, 3.63) is 69.3 Å². The van der Waals surface area contributed by atoms with Crippen LogP contribution in [0.5, 0.6) is 0 Å². The number of nitrogens with two attached hydrogens (primary N) is 1. The van der Waals surface area contributed by atoms with Crippen LogP contribution in [-0.4, -0.2) is 22.8 Å². The average molecular weight is 380 g/mol. The van der Waals surface area contributed by atoms with Crippen molar-refractivity contribution in [1.82, 2.24) is 0 Å². The number of hydrogen-bond acceptors (Lipinski definition) is 5. The summed E-state index contributed by atoms with van der Waals surface area (Å²) in [5.74, 6) is -0.838. The summed E-state index contributed by atoms with van der Waals surface area (Å²) >= 11 is 0. The Hall–Kier alpha value is -3.68. The summed E-state index contributed by atoms with van der Waals surface area (Å²) in [6.07, 6.45) is 2.45. The zero-order chi connectivity index (χ0) is 20.4. The molecule has 1 aliphatic rings. The van der Waals surface area contributed by atoms with E-state index in [0.717, 1.165) is 0 Å². The third kappa shape index (κ3) is 3.71. The highest BCUT2D eigenvalue weighted by Gasteiger charge is 2.26. The number of fused-ring (bicyclic) bond motifs is 1. The molecule has 2 aromatic carbocycles. The van der Waals surface area contributed by atoms with Crippen LogP contribution in [0.1, 0.15) is 34.8 Å². The highest BCUT2D eigenvalue weighted by Crippen LogP contribution is 2.33. The van der Waals surface area contributed by atoms with E-state index in [1.807, 2.05) is 6.92 Å². The predicted octanol–water partition coefficient (Wildman–Crippen LogP) is 3.23. The molecule has 144 valence electrons. The Kier molecular flexibility index (Phi) is 5.12. The highest BCUT2D eigenvalue weighted by molar-refractivity contribution is 6.31. The lowest BCUT2D eigenvalue weighted by Crippen LogP contribution is -2.17. The van der Waals surface area contributed by atoms with Gasteiger partial charge in [-0.3, -0.25) is 19.7 Å². The molecule has 4 N–H and O–H groups in total. The number of amides is 2. The fourth-order valence-electron chi connectivity index (χ4n) is 3.09. The zero-order valence-electron chi connectivity index (χ0n) is 15.5. The van der Waals surface area contributed by atoms with Gasteiger partial charge in [-0.15, -0.1) is 0 Å². The van der Waals surface area contributed by atoms with Gasteiger partial charge >= 0.3 is 0 Å². The van der Waals surface area contributed by atoms with Crippen molar-refractivity contribution in [2.75, 3.05) is 10.6 Å². The molecule has 0 saturated carbocycles. The van der Waals surface area contributed by atoms with E-state index >= 15 is 0 Å². The van der Waals surface area contributed by atoms with Crippen LogP contribution in [0.2, 0.25) is 0 Å². The second-order valence-electron chi connectivity index (χ2n) is 6.58. The average Bonchev–Trinajstić information content (AvgIpc) is 2.96. The Bertz CT molecular complexity index is 1010. The Balaban J connectivity index is 1.90. The smallest absolute Gasteiger partial charge is 0.274 e. The number of nitro groups is 1. The first kappa shape index (κ1) is 19.1. The minimum atomic E-state index is -0.566. The van der Waals surface area contributed by atoms with Crippen molar-refractivity contribution in [3.8, 4) is 0 Å². The molecule has 1 aliphatic heterocycles. The van der Waals surface area contributed by atoms with Crippen LogP contribution in [0.25, 0.3) is 5.57 Å². The first-order valence-electron chi connectivity index (χ1n) is 8.79. The Morgan fingerprint density at radius 3 is 2.71 bits per heavy atom.